The van der Waals surface area contributed by atoms with Crippen LogP contribution in [0.4, 0.5) is 4.39 Å². The summed E-state index contributed by atoms with van der Waals surface area (Å²) in [5.74, 6) is -0.288. The number of hydrogen-bond donors (Lipinski definition) is 0. The van der Waals surface area contributed by atoms with Crippen molar-refractivity contribution in [2.45, 2.75) is 0 Å². The van der Waals surface area contributed by atoms with Crippen LogP contribution >= 0.6 is 0 Å². The highest BCUT2D eigenvalue weighted by Gasteiger charge is 2.05. The van der Waals surface area contributed by atoms with Crippen LogP contribution in [0.25, 0.3) is 0 Å². The van der Waals surface area contributed by atoms with Crippen LogP contribution in [-0.2, 0) is 0 Å². The molecule has 0 aliphatic rings. The normalized spacial score (nSPS) is 10.7. The van der Waals surface area contributed by atoms with Gasteiger partial charge in [0.2, 0.25) is 0 Å². The summed E-state index contributed by atoms with van der Waals surface area (Å²) in [7, 11) is 0. The third kappa shape index (κ3) is 3.98. The van der Waals surface area contributed by atoms with Crippen molar-refractivity contribution in [1.29, 1.82) is 0 Å². The number of nitrogens with zero attached hydrogens (tertiary/aromatic N) is 2. The van der Waals surface area contributed by atoms with Crippen LogP contribution in [0.2, 0.25) is 0 Å². The van der Waals surface area contributed by atoms with Gasteiger partial charge in [0.25, 0.3) is 0 Å². The SMILES string of the molecule is Fc1cccc(/C=N\N=C(c2ccccc2)c2ccccc2)c1. The van der Waals surface area contributed by atoms with Gasteiger partial charge in [-0.2, -0.15) is 5.10 Å². The molecule has 0 N–H and O–H groups in total. The molecule has 23 heavy (non-hydrogen) atoms. The van der Waals surface area contributed by atoms with Crippen LogP contribution in [0.15, 0.2) is 95.1 Å². The van der Waals surface area contributed by atoms with E-state index in [9.17, 15) is 4.39 Å². The summed E-state index contributed by atoms with van der Waals surface area (Å²) in [4.78, 5) is 0. The average Bonchev–Trinajstić information content (AvgIpc) is 2.60. The Kier molecular flexibility index (Phi) is 4.69. The van der Waals surface area contributed by atoms with Gasteiger partial charge in [-0.1, -0.05) is 72.8 Å². The molecular formula is C20H15FN2. The summed E-state index contributed by atoms with van der Waals surface area (Å²) >= 11 is 0. The molecule has 112 valence electrons. The predicted molar refractivity (Wildman–Crippen MR) is 92.5 cm³/mol. The minimum atomic E-state index is -0.288. The smallest absolute Gasteiger partial charge is 0.123 e. The van der Waals surface area contributed by atoms with Crippen molar-refractivity contribution in [2.75, 3.05) is 0 Å². The number of benzene rings is 3. The van der Waals surface area contributed by atoms with E-state index in [4.69, 9.17) is 0 Å². The molecular weight excluding hydrogens is 287 g/mol. The maximum absolute atomic E-state index is 13.2. The molecule has 3 rings (SSSR count). The molecule has 0 unspecified atom stereocenters. The van der Waals surface area contributed by atoms with Gasteiger partial charge >= 0.3 is 0 Å². The lowest BCUT2D eigenvalue weighted by Gasteiger charge is -2.05. The minimum absolute atomic E-state index is 0.288. The van der Waals surface area contributed by atoms with E-state index in [1.807, 2.05) is 60.7 Å². The molecule has 0 aliphatic heterocycles. The molecule has 0 bridgehead atoms. The van der Waals surface area contributed by atoms with E-state index in [2.05, 4.69) is 10.2 Å². The number of rotatable bonds is 4. The van der Waals surface area contributed by atoms with E-state index in [1.54, 1.807) is 18.3 Å². The standard InChI is InChI=1S/C20H15FN2/c21-19-13-7-8-16(14-19)15-22-23-20(17-9-3-1-4-10-17)18-11-5-2-6-12-18/h1-15H/b22-15-. The van der Waals surface area contributed by atoms with Gasteiger partial charge in [0.1, 0.15) is 11.5 Å². The van der Waals surface area contributed by atoms with Crippen molar-refractivity contribution in [3.63, 3.8) is 0 Å². The molecule has 3 heteroatoms. The van der Waals surface area contributed by atoms with E-state index in [-0.39, 0.29) is 5.82 Å². The fourth-order valence-electron chi connectivity index (χ4n) is 2.21. The first-order valence-electron chi connectivity index (χ1n) is 7.30. The van der Waals surface area contributed by atoms with Gasteiger partial charge in [-0.05, 0) is 17.7 Å². The largest absolute Gasteiger partial charge is 0.207 e. The summed E-state index contributed by atoms with van der Waals surface area (Å²) in [5.41, 5.74) is 3.42. The van der Waals surface area contributed by atoms with Crippen molar-refractivity contribution < 1.29 is 4.39 Å². The molecule has 0 heterocycles. The third-order valence-electron chi connectivity index (χ3n) is 3.31. The Hall–Kier alpha value is -3.07. The topological polar surface area (TPSA) is 24.7 Å². The molecule has 0 atom stereocenters. The third-order valence-corrected chi connectivity index (χ3v) is 3.31. The molecule has 0 spiro atoms. The Bertz CT molecular complexity index is 783. The summed E-state index contributed by atoms with van der Waals surface area (Å²) in [6.45, 7) is 0. The lowest BCUT2D eigenvalue weighted by Crippen LogP contribution is -2.02. The summed E-state index contributed by atoms with van der Waals surface area (Å²) in [6.07, 6.45) is 1.55. The Morgan fingerprint density at radius 1 is 0.739 bits per heavy atom. The highest BCUT2D eigenvalue weighted by Crippen LogP contribution is 2.11. The Labute approximate surface area is 134 Å². The van der Waals surface area contributed by atoms with Crippen LogP contribution < -0.4 is 0 Å². The summed E-state index contributed by atoms with van der Waals surface area (Å²) in [6, 6.07) is 26.0. The molecule has 3 aromatic carbocycles. The van der Waals surface area contributed by atoms with Crippen molar-refractivity contribution in [1.82, 2.24) is 0 Å². The molecule has 0 saturated carbocycles. The highest BCUT2D eigenvalue weighted by atomic mass is 19.1. The van der Waals surface area contributed by atoms with Crippen LogP contribution in [0.5, 0.6) is 0 Å². The van der Waals surface area contributed by atoms with Gasteiger partial charge < -0.3 is 0 Å². The van der Waals surface area contributed by atoms with Crippen molar-refractivity contribution >= 4 is 11.9 Å². The van der Waals surface area contributed by atoms with Crippen molar-refractivity contribution in [2.24, 2.45) is 10.2 Å². The fourth-order valence-corrected chi connectivity index (χ4v) is 2.21. The first kappa shape index (κ1) is 14.9. The molecule has 0 fully saturated rings. The number of halogens is 1. The molecule has 2 nitrogen and oxygen atoms in total. The molecule has 0 amide bonds. The van der Waals surface area contributed by atoms with Crippen LogP contribution in [0.3, 0.4) is 0 Å². The minimum Gasteiger partial charge on any atom is -0.207 e. The molecule has 0 saturated heterocycles. The first-order chi connectivity index (χ1) is 11.3. The maximum Gasteiger partial charge on any atom is 0.123 e. The molecule has 0 aliphatic carbocycles. The molecule has 0 aromatic heterocycles. The van der Waals surface area contributed by atoms with Crippen molar-refractivity contribution in [3.8, 4) is 0 Å². The Balaban J connectivity index is 1.95. The van der Waals surface area contributed by atoms with Gasteiger partial charge in [0, 0.05) is 11.1 Å². The molecule has 0 radical (unpaired) electrons. The average molecular weight is 302 g/mol. The Morgan fingerprint density at radius 2 is 1.35 bits per heavy atom. The lowest BCUT2D eigenvalue weighted by molar-refractivity contribution is 0.627. The highest BCUT2D eigenvalue weighted by molar-refractivity contribution is 6.12. The quantitative estimate of drug-likeness (QED) is 0.493. The predicted octanol–water partition coefficient (Wildman–Crippen LogP) is 4.70. The van der Waals surface area contributed by atoms with Gasteiger partial charge in [-0.25, -0.2) is 4.39 Å². The second-order valence-electron chi connectivity index (χ2n) is 4.98. The van der Waals surface area contributed by atoms with E-state index in [1.165, 1.54) is 12.1 Å². The van der Waals surface area contributed by atoms with Gasteiger partial charge in [-0.3, -0.25) is 0 Å². The van der Waals surface area contributed by atoms with E-state index in [0.29, 0.717) is 5.56 Å². The van der Waals surface area contributed by atoms with Crippen LogP contribution in [0.1, 0.15) is 16.7 Å². The zero-order chi connectivity index (χ0) is 15.9. The fraction of sp³-hybridized carbons (Fsp3) is 0. The van der Waals surface area contributed by atoms with Crippen LogP contribution in [-0.4, -0.2) is 11.9 Å². The first-order valence-corrected chi connectivity index (χ1v) is 7.30. The lowest BCUT2D eigenvalue weighted by atomic mass is 10.0. The van der Waals surface area contributed by atoms with Gasteiger partial charge in [0.15, 0.2) is 0 Å². The number of hydrogen-bond acceptors (Lipinski definition) is 2. The van der Waals surface area contributed by atoms with Gasteiger partial charge in [-0.15, -0.1) is 5.10 Å². The second kappa shape index (κ2) is 7.27. The van der Waals surface area contributed by atoms with Gasteiger partial charge in [0.05, 0.1) is 6.21 Å². The summed E-state index contributed by atoms with van der Waals surface area (Å²) in [5, 5.41) is 8.48. The monoisotopic (exact) mass is 302 g/mol. The summed E-state index contributed by atoms with van der Waals surface area (Å²) < 4.78 is 13.2. The zero-order valence-electron chi connectivity index (χ0n) is 12.4. The Morgan fingerprint density at radius 3 is 1.91 bits per heavy atom. The zero-order valence-corrected chi connectivity index (χ0v) is 12.4. The molecule has 3 aromatic rings. The maximum atomic E-state index is 13.2. The van der Waals surface area contributed by atoms with Crippen LogP contribution in [0, 0.1) is 5.82 Å². The van der Waals surface area contributed by atoms with Crippen molar-refractivity contribution in [3.05, 3.63) is 107 Å². The van der Waals surface area contributed by atoms with E-state index < -0.39 is 0 Å². The second-order valence-corrected chi connectivity index (χ2v) is 4.98. The van der Waals surface area contributed by atoms with E-state index in [0.717, 1.165) is 16.8 Å². The van der Waals surface area contributed by atoms with E-state index >= 15 is 0 Å².